The Morgan fingerprint density at radius 1 is 1.32 bits per heavy atom. The zero-order chi connectivity index (χ0) is 13.7. The average Bonchev–Trinajstić information content (AvgIpc) is 2.74. The summed E-state index contributed by atoms with van der Waals surface area (Å²) in [7, 11) is 1.70. The lowest BCUT2D eigenvalue weighted by atomic mass is 10.1. The molecule has 1 aromatic carbocycles. The van der Waals surface area contributed by atoms with E-state index >= 15 is 0 Å². The monoisotopic (exact) mass is 339 g/mol. The highest BCUT2D eigenvalue weighted by atomic mass is 79.9. The van der Waals surface area contributed by atoms with Gasteiger partial charge in [0.2, 0.25) is 0 Å². The first-order valence-corrected chi connectivity index (χ1v) is 7.88. The molecule has 102 valence electrons. The van der Waals surface area contributed by atoms with E-state index in [-0.39, 0.29) is 0 Å². The predicted octanol–water partition coefficient (Wildman–Crippen LogP) is 4.16. The molecular weight excluding hydrogens is 322 g/mol. The molecule has 0 saturated heterocycles. The summed E-state index contributed by atoms with van der Waals surface area (Å²) in [5.41, 5.74) is 1.30. The first-order chi connectivity index (χ1) is 9.19. The molecule has 1 heterocycles. The van der Waals surface area contributed by atoms with Crippen LogP contribution in [0.15, 0.2) is 34.8 Å². The normalized spacial score (nSPS) is 10.7. The van der Waals surface area contributed by atoms with Crippen molar-refractivity contribution in [3.8, 4) is 5.75 Å². The number of thiophene rings is 1. The van der Waals surface area contributed by atoms with Crippen molar-refractivity contribution in [3.63, 3.8) is 0 Å². The van der Waals surface area contributed by atoms with Gasteiger partial charge in [-0.05, 0) is 59.6 Å². The van der Waals surface area contributed by atoms with E-state index in [4.69, 9.17) is 4.74 Å². The molecule has 2 aromatic rings. The van der Waals surface area contributed by atoms with Gasteiger partial charge in [-0.2, -0.15) is 0 Å². The smallest absolute Gasteiger partial charge is 0.119 e. The Labute approximate surface area is 126 Å². The lowest BCUT2D eigenvalue weighted by molar-refractivity contribution is 0.414. The maximum atomic E-state index is 5.22. The van der Waals surface area contributed by atoms with Gasteiger partial charge < -0.3 is 10.1 Å². The Morgan fingerprint density at radius 3 is 2.84 bits per heavy atom. The van der Waals surface area contributed by atoms with Crippen LogP contribution < -0.4 is 10.1 Å². The Balaban J connectivity index is 1.77. The SMILES string of the molecule is COc1cccc(CCNCc2cc(Br)c(C)s2)c1. The van der Waals surface area contributed by atoms with Crippen LogP contribution in [0.25, 0.3) is 0 Å². The molecule has 2 rings (SSSR count). The maximum Gasteiger partial charge on any atom is 0.119 e. The number of hydrogen-bond donors (Lipinski definition) is 1. The number of hydrogen-bond acceptors (Lipinski definition) is 3. The summed E-state index contributed by atoms with van der Waals surface area (Å²) in [6.07, 6.45) is 1.02. The van der Waals surface area contributed by atoms with Crippen molar-refractivity contribution in [1.82, 2.24) is 5.32 Å². The molecule has 0 saturated carbocycles. The largest absolute Gasteiger partial charge is 0.497 e. The van der Waals surface area contributed by atoms with Crippen LogP contribution in [0.5, 0.6) is 5.75 Å². The molecule has 0 aliphatic rings. The van der Waals surface area contributed by atoms with Crippen LogP contribution in [-0.2, 0) is 13.0 Å². The van der Waals surface area contributed by atoms with Crippen LogP contribution in [0.1, 0.15) is 15.3 Å². The van der Waals surface area contributed by atoms with Crippen molar-refractivity contribution in [3.05, 3.63) is 50.1 Å². The van der Waals surface area contributed by atoms with Gasteiger partial charge in [-0.3, -0.25) is 0 Å². The van der Waals surface area contributed by atoms with E-state index in [0.29, 0.717) is 0 Å². The van der Waals surface area contributed by atoms with Crippen molar-refractivity contribution < 1.29 is 4.74 Å². The summed E-state index contributed by atoms with van der Waals surface area (Å²) in [5, 5.41) is 3.48. The number of aryl methyl sites for hydroxylation is 1. The molecule has 0 amide bonds. The van der Waals surface area contributed by atoms with Gasteiger partial charge in [-0.25, -0.2) is 0 Å². The molecule has 19 heavy (non-hydrogen) atoms. The number of rotatable bonds is 6. The van der Waals surface area contributed by atoms with Gasteiger partial charge in [0, 0.05) is 20.8 Å². The van der Waals surface area contributed by atoms with Crippen molar-refractivity contribution >= 4 is 27.3 Å². The van der Waals surface area contributed by atoms with Crippen molar-refractivity contribution in [2.24, 2.45) is 0 Å². The first-order valence-electron chi connectivity index (χ1n) is 6.27. The molecule has 0 bridgehead atoms. The van der Waals surface area contributed by atoms with Crippen LogP contribution in [0.2, 0.25) is 0 Å². The van der Waals surface area contributed by atoms with Gasteiger partial charge in [0.1, 0.15) is 5.75 Å². The maximum absolute atomic E-state index is 5.22. The highest BCUT2D eigenvalue weighted by Gasteiger charge is 2.02. The zero-order valence-electron chi connectivity index (χ0n) is 11.2. The predicted molar refractivity (Wildman–Crippen MR) is 85.2 cm³/mol. The second-order valence-electron chi connectivity index (χ2n) is 4.40. The minimum absolute atomic E-state index is 0.926. The topological polar surface area (TPSA) is 21.3 Å². The lowest BCUT2D eigenvalue weighted by Crippen LogP contribution is -2.15. The number of nitrogens with one attached hydrogen (secondary N) is 1. The quantitative estimate of drug-likeness (QED) is 0.798. The molecule has 0 aliphatic carbocycles. The Kier molecular flexibility index (Phi) is 5.43. The first kappa shape index (κ1) is 14.6. The van der Waals surface area contributed by atoms with E-state index in [1.807, 2.05) is 23.5 Å². The van der Waals surface area contributed by atoms with E-state index in [9.17, 15) is 0 Å². The molecule has 1 N–H and O–H groups in total. The standard InChI is InChI=1S/C15H18BrNOS/c1-11-15(16)9-14(19-11)10-17-7-6-12-4-3-5-13(8-12)18-2/h3-5,8-9,17H,6-7,10H2,1-2H3. The minimum atomic E-state index is 0.926. The third kappa shape index (κ3) is 4.34. The van der Waals surface area contributed by atoms with Gasteiger partial charge in [-0.1, -0.05) is 12.1 Å². The lowest BCUT2D eigenvalue weighted by Gasteiger charge is -2.05. The molecule has 0 spiro atoms. The molecule has 0 aliphatic heterocycles. The van der Waals surface area contributed by atoms with Crippen LogP contribution in [0.4, 0.5) is 0 Å². The van der Waals surface area contributed by atoms with E-state index in [0.717, 1.165) is 25.3 Å². The van der Waals surface area contributed by atoms with E-state index < -0.39 is 0 Å². The molecule has 0 fully saturated rings. The third-order valence-corrected chi connectivity index (χ3v) is 5.07. The summed E-state index contributed by atoms with van der Waals surface area (Å²) >= 11 is 5.38. The molecule has 1 aromatic heterocycles. The van der Waals surface area contributed by atoms with Crippen molar-refractivity contribution in [2.75, 3.05) is 13.7 Å². The summed E-state index contributed by atoms with van der Waals surface area (Å²) in [4.78, 5) is 2.71. The van der Waals surface area contributed by atoms with Gasteiger partial charge in [0.05, 0.1) is 7.11 Å². The van der Waals surface area contributed by atoms with Gasteiger partial charge in [-0.15, -0.1) is 11.3 Å². The summed E-state index contributed by atoms with van der Waals surface area (Å²) in [5.74, 6) is 0.926. The minimum Gasteiger partial charge on any atom is -0.497 e. The molecule has 0 radical (unpaired) electrons. The van der Waals surface area contributed by atoms with Gasteiger partial charge >= 0.3 is 0 Å². The van der Waals surface area contributed by atoms with E-state index in [1.165, 1.54) is 19.8 Å². The molecule has 0 atom stereocenters. The second kappa shape index (κ2) is 7.08. The Morgan fingerprint density at radius 2 is 2.16 bits per heavy atom. The average molecular weight is 340 g/mol. The third-order valence-electron chi connectivity index (χ3n) is 2.93. The summed E-state index contributed by atoms with van der Waals surface area (Å²) in [6.45, 7) is 4.04. The highest BCUT2D eigenvalue weighted by molar-refractivity contribution is 9.10. The van der Waals surface area contributed by atoms with Crippen molar-refractivity contribution in [1.29, 1.82) is 0 Å². The van der Waals surface area contributed by atoms with E-state index in [2.05, 4.69) is 46.4 Å². The van der Waals surface area contributed by atoms with Crippen molar-refractivity contribution in [2.45, 2.75) is 19.9 Å². The Hall–Kier alpha value is -0.840. The fourth-order valence-corrected chi connectivity index (χ4v) is 3.45. The fourth-order valence-electron chi connectivity index (χ4n) is 1.88. The van der Waals surface area contributed by atoms with Gasteiger partial charge in [0.25, 0.3) is 0 Å². The van der Waals surface area contributed by atoms with Crippen LogP contribution >= 0.6 is 27.3 Å². The summed E-state index contributed by atoms with van der Waals surface area (Å²) in [6, 6.07) is 10.4. The number of ether oxygens (including phenoxy) is 1. The number of halogens is 1. The van der Waals surface area contributed by atoms with Gasteiger partial charge in [0.15, 0.2) is 0 Å². The molecule has 2 nitrogen and oxygen atoms in total. The second-order valence-corrected chi connectivity index (χ2v) is 6.59. The van der Waals surface area contributed by atoms with Crippen LogP contribution in [-0.4, -0.2) is 13.7 Å². The van der Waals surface area contributed by atoms with Crippen LogP contribution in [0, 0.1) is 6.92 Å². The fraction of sp³-hybridized carbons (Fsp3) is 0.333. The molecular formula is C15H18BrNOS. The number of methoxy groups -OCH3 is 1. The Bertz CT molecular complexity index is 519. The zero-order valence-corrected chi connectivity index (χ0v) is 13.6. The number of benzene rings is 1. The van der Waals surface area contributed by atoms with Crippen LogP contribution in [0.3, 0.4) is 0 Å². The highest BCUT2D eigenvalue weighted by Crippen LogP contribution is 2.26. The molecule has 4 heteroatoms. The summed E-state index contributed by atoms with van der Waals surface area (Å²) < 4.78 is 6.43. The van der Waals surface area contributed by atoms with E-state index in [1.54, 1.807) is 7.11 Å². The molecule has 0 unspecified atom stereocenters.